The van der Waals surface area contributed by atoms with Crippen LogP contribution in [0.3, 0.4) is 0 Å². The van der Waals surface area contributed by atoms with Crippen LogP contribution >= 0.6 is 0 Å². The largest absolute Gasteiger partial charge is 0.460 e. The highest BCUT2D eigenvalue weighted by Gasteiger charge is 2.17. The van der Waals surface area contributed by atoms with Crippen molar-refractivity contribution in [1.29, 1.82) is 0 Å². The summed E-state index contributed by atoms with van der Waals surface area (Å²) in [4.78, 5) is 19.8. The second kappa shape index (κ2) is 5.09. The van der Waals surface area contributed by atoms with Crippen molar-refractivity contribution in [2.45, 2.75) is 25.6 Å². The van der Waals surface area contributed by atoms with Crippen molar-refractivity contribution in [1.82, 2.24) is 0 Å². The Bertz CT molecular complexity index is 145. The summed E-state index contributed by atoms with van der Waals surface area (Å²) in [5.74, 6) is -0.453. The van der Waals surface area contributed by atoms with Crippen LogP contribution in [0.25, 0.3) is 0 Å². The van der Waals surface area contributed by atoms with E-state index in [0.29, 0.717) is 6.42 Å². The molecule has 0 radical (unpaired) electrons. The van der Waals surface area contributed by atoms with Crippen molar-refractivity contribution >= 4 is 15.0 Å². The molecule has 2 atom stereocenters. The topological polar surface area (TPSA) is 46.5 Å². The standard InChI is InChI=1S/C7H14O3Si/c1-4-6(8)10-7(5-2)11(3)9/h4,7,9,11H,1,5H2,2-3H3. The Morgan fingerprint density at radius 3 is 2.73 bits per heavy atom. The molecule has 0 amide bonds. The molecule has 0 aromatic carbocycles. The summed E-state index contributed by atoms with van der Waals surface area (Å²) in [6.07, 6.45) is 1.78. The third kappa shape index (κ3) is 3.95. The van der Waals surface area contributed by atoms with Crippen LogP contribution in [0.15, 0.2) is 12.7 Å². The van der Waals surface area contributed by atoms with Crippen LogP contribution in [-0.2, 0) is 9.53 Å². The first-order valence-electron chi connectivity index (χ1n) is 3.63. The lowest BCUT2D eigenvalue weighted by atomic mass is 10.5. The molecule has 0 heterocycles. The first kappa shape index (κ1) is 10.4. The normalized spacial score (nSPS) is 15.2. The molecular formula is C7H14O3Si. The van der Waals surface area contributed by atoms with E-state index in [2.05, 4.69) is 6.58 Å². The fraction of sp³-hybridized carbons (Fsp3) is 0.571. The van der Waals surface area contributed by atoms with Crippen molar-refractivity contribution in [2.24, 2.45) is 0 Å². The molecule has 0 aliphatic rings. The first-order valence-corrected chi connectivity index (χ1v) is 5.96. The Morgan fingerprint density at radius 2 is 2.45 bits per heavy atom. The van der Waals surface area contributed by atoms with Crippen molar-refractivity contribution < 1.29 is 14.3 Å². The zero-order valence-electron chi connectivity index (χ0n) is 6.91. The number of rotatable bonds is 4. The number of hydrogen-bond acceptors (Lipinski definition) is 3. The summed E-state index contributed by atoms with van der Waals surface area (Å²) in [5, 5.41) is 0. The molecule has 0 rings (SSSR count). The summed E-state index contributed by atoms with van der Waals surface area (Å²) < 4.78 is 4.86. The molecule has 0 aliphatic carbocycles. The number of carbonyl (C=O) groups excluding carboxylic acids is 1. The molecule has 0 saturated carbocycles. The van der Waals surface area contributed by atoms with Gasteiger partial charge in [0.05, 0.1) is 0 Å². The Hall–Kier alpha value is -0.613. The van der Waals surface area contributed by atoms with Gasteiger partial charge in [0.1, 0.15) is 5.73 Å². The van der Waals surface area contributed by atoms with E-state index in [-0.39, 0.29) is 5.73 Å². The summed E-state index contributed by atoms with van der Waals surface area (Å²) >= 11 is 0. The molecule has 64 valence electrons. The van der Waals surface area contributed by atoms with E-state index in [4.69, 9.17) is 4.74 Å². The minimum atomic E-state index is -1.85. The number of hydrogen-bond donors (Lipinski definition) is 1. The molecule has 4 heteroatoms. The third-order valence-electron chi connectivity index (χ3n) is 1.37. The highest BCUT2D eigenvalue weighted by Crippen LogP contribution is 2.01. The van der Waals surface area contributed by atoms with Crippen molar-refractivity contribution in [3.8, 4) is 0 Å². The number of ether oxygens (including phenoxy) is 1. The molecule has 0 aromatic rings. The van der Waals surface area contributed by atoms with E-state index in [0.717, 1.165) is 6.08 Å². The van der Waals surface area contributed by atoms with Gasteiger partial charge in [-0.2, -0.15) is 0 Å². The fourth-order valence-corrected chi connectivity index (χ4v) is 1.73. The van der Waals surface area contributed by atoms with Crippen molar-refractivity contribution in [2.75, 3.05) is 0 Å². The van der Waals surface area contributed by atoms with E-state index < -0.39 is 15.0 Å². The summed E-state index contributed by atoms with van der Waals surface area (Å²) in [6, 6.07) is 0. The van der Waals surface area contributed by atoms with Gasteiger partial charge in [-0.25, -0.2) is 4.79 Å². The monoisotopic (exact) mass is 174 g/mol. The summed E-state index contributed by atoms with van der Waals surface area (Å²) in [7, 11) is -1.85. The Balaban J connectivity index is 3.87. The van der Waals surface area contributed by atoms with E-state index >= 15 is 0 Å². The van der Waals surface area contributed by atoms with Gasteiger partial charge in [0.2, 0.25) is 9.04 Å². The van der Waals surface area contributed by atoms with E-state index in [1.807, 2.05) is 6.92 Å². The van der Waals surface area contributed by atoms with Gasteiger partial charge in [0.25, 0.3) is 0 Å². The number of carbonyl (C=O) groups is 1. The predicted octanol–water partition coefficient (Wildman–Crippen LogP) is 0.379. The molecule has 0 aliphatic heterocycles. The maximum absolute atomic E-state index is 10.7. The fourth-order valence-electron chi connectivity index (χ4n) is 0.720. The van der Waals surface area contributed by atoms with Gasteiger partial charge >= 0.3 is 5.97 Å². The van der Waals surface area contributed by atoms with Crippen LogP contribution in [0.1, 0.15) is 13.3 Å². The molecule has 11 heavy (non-hydrogen) atoms. The average molecular weight is 174 g/mol. The van der Waals surface area contributed by atoms with Gasteiger partial charge in [-0.05, 0) is 13.0 Å². The summed E-state index contributed by atoms with van der Waals surface area (Å²) in [6.45, 7) is 6.87. The maximum atomic E-state index is 10.7. The number of esters is 1. The van der Waals surface area contributed by atoms with E-state index in [9.17, 15) is 9.59 Å². The van der Waals surface area contributed by atoms with Crippen LogP contribution in [0.2, 0.25) is 6.55 Å². The quantitative estimate of drug-likeness (QED) is 0.381. The molecule has 0 aromatic heterocycles. The second-order valence-corrected chi connectivity index (χ2v) is 4.55. The smallest absolute Gasteiger partial charge is 0.330 e. The van der Waals surface area contributed by atoms with Crippen molar-refractivity contribution in [3.63, 3.8) is 0 Å². The predicted molar refractivity (Wildman–Crippen MR) is 45.6 cm³/mol. The minimum absolute atomic E-state index is 0.277. The third-order valence-corrected chi connectivity index (χ3v) is 3.06. The van der Waals surface area contributed by atoms with Crippen LogP contribution in [-0.4, -0.2) is 25.5 Å². The van der Waals surface area contributed by atoms with Gasteiger partial charge < -0.3 is 9.53 Å². The highest BCUT2D eigenvalue weighted by molar-refractivity contribution is 6.50. The van der Waals surface area contributed by atoms with Gasteiger partial charge in [0, 0.05) is 6.08 Å². The molecule has 0 fully saturated rings. The van der Waals surface area contributed by atoms with Crippen LogP contribution in [0, 0.1) is 0 Å². The van der Waals surface area contributed by atoms with Gasteiger partial charge in [-0.15, -0.1) is 0 Å². The Kier molecular flexibility index (Phi) is 4.81. The zero-order chi connectivity index (χ0) is 8.85. The maximum Gasteiger partial charge on any atom is 0.330 e. The molecule has 3 nitrogen and oxygen atoms in total. The zero-order valence-corrected chi connectivity index (χ0v) is 8.06. The lowest BCUT2D eigenvalue weighted by molar-refractivity contribution is -0.140. The van der Waals surface area contributed by atoms with Gasteiger partial charge in [0.15, 0.2) is 0 Å². The van der Waals surface area contributed by atoms with Gasteiger partial charge in [-0.3, -0.25) is 0 Å². The minimum Gasteiger partial charge on any atom is -0.460 e. The molecule has 0 saturated heterocycles. The molecule has 0 spiro atoms. The van der Waals surface area contributed by atoms with Gasteiger partial charge in [-0.1, -0.05) is 13.5 Å². The lowest BCUT2D eigenvalue weighted by Crippen LogP contribution is -2.31. The average Bonchev–Trinajstić information content (AvgIpc) is 1.99. The molecule has 2 unspecified atom stereocenters. The van der Waals surface area contributed by atoms with Crippen LogP contribution in [0.5, 0.6) is 0 Å². The first-order chi connectivity index (χ1) is 5.11. The Morgan fingerprint density at radius 1 is 1.91 bits per heavy atom. The second-order valence-electron chi connectivity index (χ2n) is 2.33. The van der Waals surface area contributed by atoms with Crippen molar-refractivity contribution in [3.05, 3.63) is 12.7 Å². The van der Waals surface area contributed by atoms with Crippen LogP contribution < -0.4 is 0 Å². The SMILES string of the molecule is C=CC(=O)OC(CC)[SiH](C)O. The van der Waals surface area contributed by atoms with E-state index in [1.54, 1.807) is 6.55 Å². The Labute approximate surface area is 68.4 Å². The molecule has 0 bridgehead atoms. The lowest BCUT2D eigenvalue weighted by Gasteiger charge is -2.15. The summed E-state index contributed by atoms with van der Waals surface area (Å²) in [5.41, 5.74) is -0.277. The molecular weight excluding hydrogens is 160 g/mol. The molecule has 1 N–H and O–H groups in total. The highest BCUT2D eigenvalue weighted by atomic mass is 28.3. The van der Waals surface area contributed by atoms with Crippen LogP contribution in [0.4, 0.5) is 0 Å². The van der Waals surface area contributed by atoms with E-state index in [1.165, 1.54) is 0 Å².